The van der Waals surface area contributed by atoms with Crippen molar-refractivity contribution in [1.82, 2.24) is 0 Å². The minimum atomic E-state index is -1.26. The quantitative estimate of drug-likeness (QED) is 0.508. The first-order chi connectivity index (χ1) is 12.4. The maximum atomic E-state index is 12.6. The highest BCUT2D eigenvalue weighted by Gasteiger charge is 2.53. The lowest BCUT2D eigenvalue weighted by Gasteiger charge is -2.49. The zero-order valence-corrected chi connectivity index (χ0v) is 14.8. The van der Waals surface area contributed by atoms with Crippen molar-refractivity contribution in [3.05, 3.63) is 0 Å². The molecule has 138 valence electrons. The molecule has 26 heavy (non-hydrogen) atoms. The van der Waals surface area contributed by atoms with Crippen LogP contribution in [0.5, 0.6) is 0 Å². The molecular weight excluding hydrogens is 332 g/mol. The van der Waals surface area contributed by atoms with Gasteiger partial charge in [0.05, 0.1) is 29.7 Å². The molecule has 0 fully saturated rings. The summed E-state index contributed by atoms with van der Waals surface area (Å²) in [6, 6.07) is 8.04. The van der Waals surface area contributed by atoms with Crippen LogP contribution in [0.2, 0.25) is 0 Å². The zero-order valence-electron chi connectivity index (χ0n) is 14.8. The van der Waals surface area contributed by atoms with Gasteiger partial charge in [0.15, 0.2) is 0 Å². The fraction of sp³-hybridized carbons (Fsp3) is 0.667. The molecule has 0 aromatic rings. The summed E-state index contributed by atoms with van der Waals surface area (Å²) in [4.78, 5) is 24.0. The van der Waals surface area contributed by atoms with Gasteiger partial charge in [0.25, 0.3) is 0 Å². The summed E-state index contributed by atoms with van der Waals surface area (Å²) in [5, 5.41) is 36.2. The molecule has 0 saturated heterocycles. The lowest BCUT2D eigenvalue weighted by atomic mass is 9.53. The first-order valence-corrected chi connectivity index (χ1v) is 8.42. The lowest BCUT2D eigenvalue weighted by molar-refractivity contribution is -0.141. The summed E-state index contributed by atoms with van der Waals surface area (Å²) in [6.07, 6.45) is 1.08. The van der Waals surface area contributed by atoms with E-state index in [1.807, 2.05) is 24.3 Å². The summed E-state index contributed by atoms with van der Waals surface area (Å²) < 4.78 is 0. The molecule has 0 aliphatic rings. The van der Waals surface area contributed by atoms with Crippen molar-refractivity contribution in [2.45, 2.75) is 64.2 Å². The first-order valence-electron chi connectivity index (χ1n) is 8.42. The number of primary amides is 2. The first kappa shape index (κ1) is 22.9. The number of hydrogen-bond donors (Lipinski definition) is 2. The number of hydrogen-bond acceptors (Lipinski definition) is 6. The molecule has 2 amide bonds. The van der Waals surface area contributed by atoms with Gasteiger partial charge < -0.3 is 11.5 Å². The monoisotopic (exact) mass is 356 g/mol. The number of amides is 2. The van der Waals surface area contributed by atoms with Gasteiger partial charge in [-0.05, 0) is 37.5 Å². The zero-order chi connectivity index (χ0) is 20.1. The SMILES string of the molecule is N#CCCC(CCC#N)(CCC(N)=O)C(CCC#N)(CCC#N)C(N)=O. The van der Waals surface area contributed by atoms with Gasteiger partial charge in [-0.1, -0.05) is 0 Å². The van der Waals surface area contributed by atoms with E-state index < -0.39 is 22.6 Å². The second-order valence-corrected chi connectivity index (χ2v) is 6.33. The van der Waals surface area contributed by atoms with Crippen molar-refractivity contribution < 1.29 is 9.59 Å². The molecule has 0 aromatic heterocycles. The maximum Gasteiger partial charge on any atom is 0.224 e. The highest BCUT2D eigenvalue weighted by molar-refractivity contribution is 5.82. The van der Waals surface area contributed by atoms with Crippen LogP contribution in [0.3, 0.4) is 0 Å². The van der Waals surface area contributed by atoms with Crippen molar-refractivity contribution in [3.63, 3.8) is 0 Å². The molecule has 0 saturated carbocycles. The maximum absolute atomic E-state index is 12.6. The third-order valence-electron chi connectivity index (χ3n) is 5.09. The van der Waals surface area contributed by atoms with E-state index in [4.69, 9.17) is 32.5 Å². The highest BCUT2D eigenvalue weighted by atomic mass is 16.1. The van der Waals surface area contributed by atoms with Crippen molar-refractivity contribution >= 4 is 11.8 Å². The van der Waals surface area contributed by atoms with E-state index in [-0.39, 0.29) is 64.2 Å². The second kappa shape index (κ2) is 11.5. The molecule has 0 aliphatic heterocycles. The summed E-state index contributed by atoms with van der Waals surface area (Å²) in [5.41, 5.74) is 8.82. The minimum absolute atomic E-state index is 0.0335. The standard InChI is InChI=1S/C18H24N6O2/c19-11-1-6-17(7-2-12-20,10-5-15(23)25)18(16(24)26,8-3-13-21)9-4-14-22/h1-10H2,(H2,23,25)(H2,24,26). The predicted molar refractivity (Wildman–Crippen MR) is 91.9 cm³/mol. The van der Waals surface area contributed by atoms with Crippen molar-refractivity contribution in [2.75, 3.05) is 0 Å². The Balaban J connectivity index is 6.37. The normalized spacial score (nSPS) is 10.8. The van der Waals surface area contributed by atoms with Crippen LogP contribution >= 0.6 is 0 Å². The Morgan fingerprint density at radius 1 is 0.692 bits per heavy atom. The molecular formula is C18H24N6O2. The largest absolute Gasteiger partial charge is 0.370 e. The molecule has 4 N–H and O–H groups in total. The van der Waals surface area contributed by atoms with E-state index >= 15 is 0 Å². The molecule has 0 radical (unpaired) electrons. The number of rotatable bonds is 13. The Morgan fingerprint density at radius 3 is 1.38 bits per heavy atom. The molecule has 0 heterocycles. The Hall–Kier alpha value is -3.10. The van der Waals surface area contributed by atoms with E-state index in [0.717, 1.165) is 0 Å². The predicted octanol–water partition coefficient (Wildman–Crippen LogP) is 1.93. The van der Waals surface area contributed by atoms with Gasteiger partial charge in [-0.25, -0.2) is 0 Å². The van der Waals surface area contributed by atoms with Gasteiger partial charge in [-0.3, -0.25) is 9.59 Å². The fourth-order valence-electron chi connectivity index (χ4n) is 3.75. The van der Waals surface area contributed by atoms with E-state index in [1.165, 1.54) is 0 Å². The van der Waals surface area contributed by atoms with E-state index in [2.05, 4.69) is 0 Å². The van der Waals surface area contributed by atoms with E-state index in [0.29, 0.717) is 0 Å². The summed E-state index contributed by atoms with van der Waals surface area (Å²) in [7, 11) is 0. The molecule has 0 bridgehead atoms. The van der Waals surface area contributed by atoms with E-state index in [1.54, 1.807) is 0 Å². The second-order valence-electron chi connectivity index (χ2n) is 6.33. The third kappa shape index (κ3) is 5.76. The Bertz CT molecular complexity index is 623. The molecule has 0 spiro atoms. The van der Waals surface area contributed by atoms with Gasteiger partial charge in [0.2, 0.25) is 11.8 Å². The summed E-state index contributed by atoms with van der Waals surface area (Å²) >= 11 is 0. The smallest absolute Gasteiger partial charge is 0.224 e. The van der Waals surface area contributed by atoms with Crippen molar-refractivity contribution in [2.24, 2.45) is 22.3 Å². The Kier molecular flexibility index (Phi) is 10.1. The van der Waals surface area contributed by atoms with Crippen LogP contribution in [0.1, 0.15) is 64.2 Å². The molecule has 0 unspecified atom stereocenters. The van der Waals surface area contributed by atoms with Crippen LogP contribution in [0.25, 0.3) is 0 Å². The number of carbonyl (C=O) groups is 2. The molecule has 0 atom stereocenters. The third-order valence-corrected chi connectivity index (χ3v) is 5.09. The van der Waals surface area contributed by atoms with Crippen LogP contribution in [0.15, 0.2) is 0 Å². The van der Waals surface area contributed by atoms with Crippen LogP contribution in [0, 0.1) is 56.2 Å². The van der Waals surface area contributed by atoms with Gasteiger partial charge >= 0.3 is 0 Å². The van der Waals surface area contributed by atoms with Gasteiger partial charge in [0, 0.05) is 32.1 Å². The van der Waals surface area contributed by atoms with Gasteiger partial charge in [-0.15, -0.1) is 0 Å². The lowest BCUT2D eigenvalue weighted by Crippen LogP contribution is -2.51. The molecule has 8 heteroatoms. The Labute approximate surface area is 154 Å². The van der Waals surface area contributed by atoms with Crippen LogP contribution in [0.4, 0.5) is 0 Å². The number of nitrogens with zero attached hydrogens (tertiary/aromatic N) is 4. The number of nitrogens with two attached hydrogens (primary N) is 2. The average Bonchev–Trinajstić information content (AvgIpc) is 2.61. The van der Waals surface area contributed by atoms with Crippen LogP contribution in [-0.4, -0.2) is 11.8 Å². The Morgan fingerprint density at radius 2 is 1.08 bits per heavy atom. The molecule has 0 aromatic carbocycles. The fourth-order valence-corrected chi connectivity index (χ4v) is 3.75. The van der Waals surface area contributed by atoms with Crippen molar-refractivity contribution in [1.29, 1.82) is 21.0 Å². The minimum Gasteiger partial charge on any atom is -0.370 e. The summed E-state index contributed by atoms with van der Waals surface area (Å²) in [5.74, 6) is -1.24. The van der Waals surface area contributed by atoms with Crippen LogP contribution < -0.4 is 11.5 Å². The summed E-state index contributed by atoms with van der Waals surface area (Å²) in [6.45, 7) is 0. The number of nitriles is 4. The average molecular weight is 356 g/mol. The topological polar surface area (TPSA) is 181 Å². The molecule has 8 nitrogen and oxygen atoms in total. The molecule has 0 rings (SSSR count). The number of carbonyl (C=O) groups excluding carboxylic acids is 2. The van der Waals surface area contributed by atoms with Gasteiger partial charge in [0.1, 0.15) is 0 Å². The van der Waals surface area contributed by atoms with Crippen molar-refractivity contribution in [3.8, 4) is 24.3 Å². The van der Waals surface area contributed by atoms with E-state index in [9.17, 15) is 9.59 Å². The highest BCUT2D eigenvalue weighted by Crippen LogP contribution is 2.55. The molecule has 0 aliphatic carbocycles. The van der Waals surface area contributed by atoms with Gasteiger partial charge in [-0.2, -0.15) is 21.0 Å². The van der Waals surface area contributed by atoms with Crippen LogP contribution in [-0.2, 0) is 9.59 Å².